The number of halogens is 2. The van der Waals surface area contributed by atoms with Crippen LogP contribution < -0.4 is 10.6 Å². The lowest BCUT2D eigenvalue weighted by atomic mass is 10.1. The van der Waals surface area contributed by atoms with Gasteiger partial charge in [0.2, 0.25) is 5.91 Å². The van der Waals surface area contributed by atoms with Gasteiger partial charge in [-0.15, -0.1) is 0 Å². The monoisotopic (exact) mass is 281 g/mol. The van der Waals surface area contributed by atoms with Crippen LogP contribution in [0.25, 0.3) is 0 Å². The Morgan fingerprint density at radius 2 is 2.10 bits per heavy atom. The Labute approximate surface area is 116 Å². The number of hydrogen-bond acceptors (Lipinski definition) is 3. The maximum absolute atomic E-state index is 13.1. The minimum absolute atomic E-state index is 0.0252. The number of nitrogens with two attached hydrogens (primary N) is 1. The molecule has 2 aliphatic rings. The first-order valence-corrected chi connectivity index (χ1v) is 6.78. The lowest BCUT2D eigenvalue weighted by Gasteiger charge is -2.39. The normalized spacial score (nSPS) is 22.6. The van der Waals surface area contributed by atoms with Crippen molar-refractivity contribution in [2.75, 3.05) is 30.3 Å². The summed E-state index contributed by atoms with van der Waals surface area (Å²) in [5.41, 5.74) is 6.45. The first-order chi connectivity index (χ1) is 9.56. The standard InChI is InChI=1S/C14H17F2N3O/c15-14(16)11-7-9(17)1-3-12(11)18-5-6-19-10(8-18)2-4-13(19)20/h1,3,7,10,14H,2,4-6,8,17H2. The molecule has 20 heavy (non-hydrogen) atoms. The summed E-state index contributed by atoms with van der Waals surface area (Å²) in [5, 5.41) is 0. The van der Waals surface area contributed by atoms with Gasteiger partial charge < -0.3 is 15.5 Å². The van der Waals surface area contributed by atoms with Crippen molar-refractivity contribution in [2.24, 2.45) is 0 Å². The van der Waals surface area contributed by atoms with Crippen LogP contribution in [0.2, 0.25) is 0 Å². The number of benzene rings is 1. The fourth-order valence-corrected chi connectivity index (χ4v) is 3.12. The molecule has 0 radical (unpaired) electrons. The van der Waals surface area contributed by atoms with Crippen LogP contribution in [0.5, 0.6) is 0 Å². The average Bonchev–Trinajstić information content (AvgIpc) is 2.80. The molecule has 3 rings (SSSR count). The van der Waals surface area contributed by atoms with Gasteiger partial charge in [0, 0.05) is 49.0 Å². The van der Waals surface area contributed by atoms with E-state index in [0.29, 0.717) is 37.4 Å². The molecular weight excluding hydrogens is 264 g/mol. The van der Waals surface area contributed by atoms with Crippen LogP contribution in [-0.2, 0) is 4.79 Å². The molecule has 0 aliphatic carbocycles. The van der Waals surface area contributed by atoms with Crippen molar-refractivity contribution in [1.82, 2.24) is 4.90 Å². The molecule has 6 heteroatoms. The van der Waals surface area contributed by atoms with E-state index < -0.39 is 6.43 Å². The van der Waals surface area contributed by atoms with E-state index in [2.05, 4.69) is 0 Å². The summed E-state index contributed by atoms with van der Waals surface area (Å²) in [4.78, 5) is 15.5. The summed E-state index contributed by atoms with van der Waals surface area (Å²) in [6.07, 6.45) is -1.16. The maximum atomic E-state index is 13.1. The quantitative estimate of drug-likeness (QED) is 0.844. The third-order valence-electron chi connectivity index (χ3n) is 4.12. The number of hydrogen-bond donors (Lipinski definition) is 1. The van der Waals surface area contributed by atoms with Crippen LogP contribution in [-0.4, -0.2) is 36.5 Å². The lowest BCUT2D eigenvalue weighted by molar-refractivity contribution is -0.129. The molecular formula is C14H17F2N3O. The van der Waals surface area contributed by atoms with Gasteiger partial charge in [0.15, 0.2) is 0 Å². The summed E-state index contributed by atoms with van der Waals surface area (Å²) in [5.74, 6) is 0.182. The topological polar surface area (TPSA) is 49.6 Å². The van der Waals surface area contributed by atoms with Crippen LogP contribution in [0, 0.1) is 0 Å². The van der Waals surface area contributed by atoms with Crippen molar-refractivity contribution < 1.29 is 13.6 Å². The number of fused-ring (bicyclic) bond motifs is 1. The number of rotatable bonds is 2. The molecule has 108 valence electrons. The van der Waals surface area contributed by atoms with Gasteiger partial charge >= 0.3 is 0 Å². The minimum atomic E-state index is -2.54. The second kappa shape index (κ2) is 4.92. The van der Waals surface area contributed by atoms with Crippen molar-refractivity contribution in [2.45, 2.75) is 25.3 Å². The number of carbonyl (C=O) groups excluding carboxylic acids is 1. The second-order valence-corrected chi connectivity index (χ2v) is 5.34. The largest absolute Gasteiger partial charge is 0.399 e. The third kappa shape index (κ3) is 2.19. The fraction of sp³-hybridized carbons (Fsp3) is 0.500. The van der Waals surface area contributed by atoms with Crippen molar-refractivity contribution in [3.8, 4) is 0 Å². The number of amides is 1. The molecule has 0 saturated carbocycles. The average molecular weight is 281 g/mol. The Morgan fingerprint density at radius 1 is 1.30 bits per heavy atom. The summed E-state index contributed by atoms with van der Waals surface area (Å²) >= 11 is 0. The zero-order valence-electron chi connectivity index (χ0n) is 11.1. The fourth-order valence-electron chi connectivity index (χ4n) is 3.12. The van der Waals surface area contributed by atoms with Gasteiger partial charge in [-0.1, -0.05) is 0 Å². The Balaban J connectivity index is 1.85. The number of alkyl halides is 2. The molecule has 2 heterocycles. The van der Waals surface area contributed by atoms with Gasteiger partial charge in [0.1, 0.15) is 0 Å². The number of nitrogens with zero attached hydrogens (tertiary/aromatic N) is 2. The smallest absolute Gasteiger partial charge is 0.265 e. The van der Waals surface area contributed by atoms with Crippen molar-refractivity contribution >= 4 is 17.3 Å². The molecule has 2 fully saturated rings. The van der Waals surface area contributed by atoms with Crippen LogP contribution in [0.15, 0.2) is 18.2 Å². The first kappa shape index (κ1) is 13.1. The van der Waals surface area contributed by atoms with Gasteiger partial charge in [0.25, 0.3) is 6.43 Å². The van der Waals surface area contributed by atoms with Crippen molar-refractivity contribution in [1.29, 1.82) is 0 Å². The Morgan fingerprint density at radius 3 is 2.85 bits per heavy atom. The van der Waals surface area contributed by atoms with E-state index in [4.69, 9.17) is 5.73 Å². The van der Waals surface area contributed by atoms with Crippen molar-refractivity contribution in [3.63, 3.8) is 0 Å². The second-order valence-electron chi connectivity index (χ2n) is 5.34. The molecule has 2 saturated heterocycles. The highest BCUT2D eigenvalue weighted by Gasteiger charge is 2.36. The van der Waals surface area contributed by atoms with Gasteiger partial charge in [-0.25, -0.2) is 8.78 Å². The molecule has 0 bridgehead atoms. The maximum Gasteiger partial charge on any atom is 0.265 e. The van der Waals surface area contributed by atoms with E-state index >= 15 is 0 Å². The first-order valence-electron chi connectivity index (χ1n) is 6.78. The number of piperazine rings is 1. The predicted octanol–water partition coefficient (Wildman–Crippen LogP) is 2.02. The van der Waals surface area contributed by atoms with E-state index in [1.54, 1.807) is 12.1 Å². The van der Waals surface area contributed by atoms with Gasteiger partial charge in [-0.3, -0.25) is 4.79 Å². The van der Waals surface area contributed by atoms with Gasteiger partial charge in [-0.2, -0.15) is 0 Å². The zero-order valence-corrected chi connectivity index (χ0v) is 11.1. The highest BCUT2D eigenvalue weighted by molar-refractivity contribution is 5.79. The molecule has 1 aromatic rings. The number of carbonyl (C=O) groups is 1. The molecule has 1 aromatic carbocycles. The molecule has 2 aliphatic heterocycles. The third-order valence-corrected chi connectivity index (χ3v) is 4.12. The number of anilines is 2. The summed E-state index contributed by atoms with van der Waals surface area (Å²) in [7, 11) is 0. The summed E-state index contributed by atoms with van der Waals surface area (Å²) in [6.45, 7) is 1.82. The van der Waals surface area contributed by atoms with Gasteiger partial charge in [-0.05, 0) is 24.6 Å². The molecule has 1 amide bonds. The Hall–Kier alpha value is -1.85. The summed E-state index contributed by atoms with van der Waals surface area (Å²) in [6, 6.07) is 4.79. The van der Waals surface area contributed by atoms with Crippen LogP contribution >= 0.6 is 0 Å². The van der Waals surface area contributed by atoms with E-state index in [1.807, 2.05) is 9.80 Å². The highest BCUT2D eigenvalue weighted by Crippen LogP contribution is 2.34. The molecule has 1 atom stereocenters. The van der Waals surface area contributed by atoms with E-state index in [-0.39, 0.29) is 17.5 Å². The zero-order chi connectivity index (χ0) is 14.3. The lowest BCUT2D eigenvalue weighted by Crippen LogP contribution is -2.51. The van der Waals surface area contributed by atoms with Crippen LogP contribution in [0.1, 0.15) is 24.8 Å². The highest BCUT2D eigenvalue weighted by atomic mass is 19.3. The molecule has 0 spiro atoms. The van der Waals surface area contributed by atoms with Crippen LogP contribution in [0.3, 0.4) is 0 Å². The minimum Gasteiger partial charge on any atom is -0.399 e. The van der Waals surface area contributed by atoms with Crippen LogP contribution in [0.4, 0.5) is 20.2 Å². The molecule has 1 unspecified atom stereocenters. The molecule has 0 aromatic heterocycles. The Kier molecular flexibility index (Phi) is 3.23. The molecule has 4 nitrogen and oxygen atoms in total. The predicted molar refractivity (Wildman–Crippen MR) is 72.8 cm³/mol. The van der Waals surface area contributed by atoms with E-state index in [1.165, 1.54) is 6.07 Å². The number of nitrogen functional groups attached to an aromatic ring is 1. The van der Waals surface area contributed by atoms with Crippen molar-refractivity contribution in [3.05, 3.63) is 23.8 Å². The van der Waals surface area contributed by atoms with Gasteiger partial charge in [0.05, 0.1) is 0 Å². The molecule has 2 N–H and O–H groups in total. The SMILES string of the molecule is Nc1ccc(N2CCN3C(=O)CCC3C2)c(C(F)F)c1. The van der Waals surface area contributed by atoms with E-state index in [0.717, 1.165) is 6.42 Å². The summed E-state index contributed by atoms with van der Waals surface area (Å²) < 4.78 is 26.3. The van der Waals surface area contributed by atoms with E-state index in [9.17, 15) is 13.6 Å². The Bertz CT molecular complexity index is 535.